The summed E-state index contributed by atoms with van der Waals surface area (Å²) in [4.78, 5) is 32.1. The number of anilines is 1. The molecule has 2 amide bonds. The highest BCUT2D eigenvalue weighted by molar-refractivity contribution is 5.91. The van der Waals surface area contributed by atoms with Crippen molar-refractivity contribution in [1.29, 1.82) is 0 Å². The van der Waals surface area contributed by atoms with E-state index in [1.54, 1.807) is 6.92 Å². The Bertz CT molecular complexity index is 535. The Hall–Kier alpha value is -2.71. The fourth-order valence-corrected chi connectivity index (χ4v) is 1.29. The molecule has 0 aliphatic heterocycles. The van der Waals surface area contributed by atoms with Crippen molar-refractivity contribution in [3.8, 4) is 0 Å². The number of ether oxygens (including phenoxy) is 1. The Kier molecular flexibility index (Phi) is 5.39. The smallest absolute Gasteiger partial charge is 0.325 e. The third-order valence-corrected chi connectivity index (χ3v) is 2.05. The highest BCUT2D eigenvalue weighted by Crippen LogP contribution is 2.19. The summed E-state index contributed by atoms with van der Waals surface area (Å²) in [7, 11) is 0. The fraction of sp³-hybridized carbons (Fsp3) is 0.273. The van der Waals surface area contributed by atoms with Gasteiger partial charge in [0.05, 0.1) is 23.3 Å². The van der Waals surface area contributed by atoms with Crippen molar-refractivity contribution in [3.05, 3.63) is 34.1 Å². The van der Waals surface area contributed by atoms with Gasteiger partial charge in [0.25, 0.3) is 5.69 Å². The summed E-state index contributed by atoms with van der Waals surface area (Å²) >= 11 is 0. The highest BCUT2D eigenvalue weighted by atomic mass is 19.1. The van der Waals surface area contributed by atoms with Crippen LogP contribution in [0.4, 0.5) is 20.6 Å². The van der Waals surface area contributed by atoms with Crippen LogP contribution in [-0.4, -0.2) is 30.1 Å². The highest BCUT2D eigenvalue weighted by Gasteiger charge is 2.12. The van der Waals surface area contributed by atoms with Crippen molar-refractivity contribution in [1.82, 2.24) is 5.32 Å². The van der Waals surface area contributed by atoms with Crippen LogP contribution in [-0.2, 0) is 9.53 Å². The molecule has 0 aliphatic rings. The van der Waals surface area contributed by atoms with Gasteiger partial charge in [0.2, 0.25) is 0 Å². The number of benzene rings is 1. The number of nitro benzene ring substituents is 1. The number of nitro groups is 1. The Morgan fingerprint density at radius 2 is 2.10 bits per heavy atom. The van der Waals surface area contributed by atoms with Gasteiger partial charge in [-0.25, -0.2) is 9.18 Å². The van der Waals surface area contributed by atoms with Crippen molar-refractivity contribution in [2.24, 2.45) is 0 Å². The van der Waals surface area contributed by atoms with E-state index in [-0.39, 0.29) is 18.8 Å². The first-order valence-corrected chi connectivity index (χ1v) is 5.58. The van der Waals surface area contributed by atoms with E-state index < -0.39 is 28.4 Å². The molecule has 20 heavy (non-hydrogen) atoms. The minimum Gasteiger partial charge on any atom is -0.465 e. The molecule has 0 spiro atoms. The lowest BCUT2D eigenvalue weighted by Crippen LogP contribution is -2.34. The summed E-state index contributed by atoms with van der Waals surface area (Å²) in [6.45, 7) is 1.43. The summed E-state index contributed by atoms with van der Waals surface area (Å²) in [5.41, 5.74) is -0.594. The number of halogens is 1. The number of carbonyl (C=O) groups excluding carboxylic acids is 2. The zero-order valence-corrected chi connectivity index (χ0v) is 10.5. The van der Waals surface area contributed by atoms with Crippen LogP contribution >= 0.6 is 0 Å². The van der Waals surface area contributed by atoms with Crippen molar-refractivity contribution < 1.29 is 23.6 Å². The third-order valence-electron chi connectivity index (χ3n) is 2.05. The van der Waals surface area contributed by atoms with Gasteiger partial charge < -0.3 is 15.4 Å². The van der Waals surface area contributed by atoms with E-state index in [1.807, 2.05) is 0 Å². The number of amides is 2. The Morgan fingerprint density at radius 3 is 2.70 bits per heavy atom. The summed E-state index contributed by atoms with van der Waals surface area (Å²) < 4.78 is 17.7. The second kappa shape index (κ2) is 7.02. The number of nitrogens with one attached hydrogen (secondary N) is 2. The number of hydrogen-bond acceptors (Lipinski definition) is 5. The topological polar surface area (TPSA) is 111 Å². The van der Waals surface area contributed by atoms with Crippen LogP contribution in [0.2, 0.25) is 0 Å². The molecule has 1 aromatic rings. The molecule has 0 heterocycles. The first kappa shape index (κ1) is 15.3. The molecule has 108 valence electrons. The van der Waals surface area contributed by atoms with Gasteiger partial charge in [0, 0.05) is 6.07 Å². The van der Waals surface area contributed by atoms with E-state index in [2.05, 4.69) is 15.4 Å². The van der Waals surface area contributed by atoms with Gasteiger partial charge in [-0.1, -0.05) is 0 Å². The number of urea groups is 1. The minimum atomic E-state index is -0.861. The maximum absolute atomic E-state index is 13.1. The zero-order valence-electron chi connectivity index (χ0n) is 10.5. The van der Waals surface area contributed by atoms with Crippen LogP contribution < -0.4 is 10.6 Å². The Labute approximate surface area is 113 Å². The second-order valence-corrected chi connectivity index (χ2v) is 3.57. The third kappa shape index (κ3) is 4.88. The van der Waals surface area contributed by atoms with E-state index in [1.165, 1.54) is 0 Å². The largest absolute Gasteiger partial charge is 0.465 e. The van der Waals surface area contributed by atoms with Crippen LogP contribution in [0.25, 0.3) is 0 Å². The van der Waals surface area contributed by atoms with E-state index >= 15 is 0 Å². The molecule has 1 aromatic carbocycles. The summed E-state index contributed by atoms with van der Waals surface area (Å²) in [6.07, 6.45) is 0. The number of carbonyl (C=O) groups is 2. The van der Waals surface area contributed by atoms with Gasteiger partial charge in [-0.2, -0.15) is 0 Å². The van der Waals surface area contributed by atoms with Gasteiger partial charge in [-0.3, -0.25) is 14.9 Å². The SMILES string of the molecule is CCOC(=O)CNC(=O)Nc1cc(F)cc([N+](=O)[O-])c1. The molecule has 0 unspecified atom stereocenters. The maximum atomic E-state index is 13.1. The Balaban J connectivity index is 2.62. The number of non-ortho nitro benzene ring substituents is 1. The summed E-state index contributed by atoms with van der Waals surface area (Å²) in [5.74, 6) is -1.49. The van der Waals surface area contributed by atoms with Gasteiger partial charge in [0.15, 0.2) is 0 Å². The molecule has 8 nitrogen and oxygen atoms in total. The lowest BCUT2D eigenvalue weighted by Gasteiger charge is -2.07. The molecule has 0 atom stereocenters. The van der Waals surface area contributed by atoms with E-state index in [0.717, 1.165) is 18.2 Å². The molecule has 0 radical (unpaired) electrons. The normalized spacial score (nSPS) is 9.70. The molecule has 0 bridgehead atoms. The van der Waals surface area contributed by atoms with Gasteiger partial charge in [-0.15, -0.1) is 0 Å². The molecule has 9 heteroatoms. The number of nitrogens with zero attached hydrogens (tertiary/aromatic N) is 1. The molecule has 0 aliphatic carbocycles. The van der Waals surface area contributed by atoms with Crippen LogP contribution in [0.5, 0.6) is 0 Å². The first-order valence-electron chi connectivity index (χ1n) is 5.58. The standard InChI is InChI=1S/C11H12FN3O5/c1-2-20-10(16)6-13-11(17)14-8-3-7(12)4-9(5-8)15(18)19/h3-5H,2,6H2,1H3,(H2,13,14,17). The molecule has 0 saturated carbocycles. The predicted molar refractivity (Wildman–Crippen MR) is 66.7 cm³/mol. The van der Waals surface area contributed by atoms with Crippen molar-refractivity contribution in [2.75, 3.05) is 18.5 Å². The van der Waals surface area contributed by atoms with Gasteiger partial charge >= 0.3 is 12.0 Å². The van der Waals surface area contributed by atoms with Gasteiger partial charge in [0.1, 0.15) is 12.4 Å². The molecule has 0 saturated heterocycles. The lowest BCUT2D eigenvalue weighted by molar-refractivity contribution is -0.385. The fourth-order valence-electron chi connectivity index (χ4n) is 1.29. The molecule has 0 fully saturated rings. The van der Waals surface area contributed by atoms with Crippen LogP contribution in [0, 0.1) is 15.9 Å². The Morgan fingerprint density at radius 1 is 1.40 bits per heavy atom. The summed E-state index contributed by atoms with van der Waals surface area (Å²) in [5, 5.41) is 14.9. The van der Waals surface area contributed by atoms with Crippen LogP contribution in [0.1, 0.15) is 6.92 Å². The molecule has 0 aromatic heterocycles. The van der Waals surface area contributed by atoms with E-state index in [4.69, 9.17) is 0 Å². The van der Waals surface area contributed by atoms with Crippen molar-refractivity contribution >= 4 is 23.4 Å². The molecule has 1 rings (SSSR count). The van der Waals surface area contributed by atoms with Crippen LogP contribution in [0.3, 0.4) is 0 Å². The molecular formula is C11H12FN3O5. The lowest BCUT2D eigenvalue weighted by atomic mass is 10.2. The van der Waals surface area contributed by atoms with E-state index in [9.17, 15) is 24.1 Å². The second-order valence-electron chi connectivity index (χ2n) is 3.57. The number of rotatable bonds is 5. The van der Waals surface area contributed by atoms with Crippen molar-refractivity contribution in [2.45, 2.75) is 6.92 Å². The molecular weight excluding hydrogens is 273 g/mol. The summed E-state index contributed by atoms with van der Waals surface area (Å²) in [6, 6.07) is 1.82. The van der Waals surface area contributed by atoms with Crippen LogP contribution in [0.15, 0.2) is 18.2 Å². The number of hydrogen-bond donors (Lipinski definition) is 2. The quantitative estimate of drug-likeness (QED) is 0.483. The average molecular weight is 285 g/mol. The number of esters is 1. The minimum absolute atomic E-state index is 0.0990. The maximum Gasteiger partial charge on any atom is 0.325 e. The zero-order chi connectivity index (χ0) is 15.1. The van der Waals surface area contributed by atoms with Crippen molar-refractivity contribution in [3.63, 3.8) is 0 Å². The predicted octanol–water partition coefficient (Wildman–Crippen LogP) is 1.42. The van der Waals surface area contributed by atoms with Gasteiger partial charge in [-0.05, 0) is 13.0 Å². The monoisotopic (exact) mass is 285 g/mol. The first-order chi connectivity index (χ1) is 9.42. The molecule has 2 N–H and O–H groups in total. The average Bonchev–Trinajstić information content (AvgIpc) is 2.36. The van der Waals surface area contributed by atoms with E-state index in [0.29, 0.717) is 0 Å².